The van der Waals surface area contributed by atoms with Gasteiger partial charge in [0.2, 0.25) is 5.91 Å². The number of halogens is 1. The van der Waals surface area contributed by atoms with Crippen LogP contribution in [0.25, 0.3) is 0 Å². The average molecular weight is 485 g/mol. The molecule has 3 aromatic carbocycles. The number of anilines is 2. The zero-order valence-electron chi connectivity index (χ0n) is 19.1. The third kappa shape index (κ3) is 6.15. The van der Waals surface area contributed by atoms with Crippen molar-refractivity contribution in [2.45, 2.75) is 44.9 Å². The van der Waals surface area contributed by atoms with E-state index < -0.39 is 15.9 Å². The topological polar surface area (TPSA) is 66.5 Å². The molecule has 0 atom stereocenters. The van der Waals surface area contributed by atoms with E-state index in [2.05, 4.69) is 12.2 Å². The molecule has 0 aliphatic rings. The summed E-state index contributed by atoms with van der Waals surface area (Å²) in [5.74, 6) is -0.439. The van der Waals surface area contributed by atoms with Crippen LogP contribution >= 0.6 is 11.6 Å². The van der Waals surface area contributed by atoms with Crippen molar-refractivity contribution in [3.8, 4) is 0 Å². The second-order valence-electron chi connectivity index (χ2n) is 8.06. The number of benzene rings is 3. The minimum atomic E-state index is -4.00. The van der Waals surface area contributed by atoms with Crippen LogP contribution in [0.5, 0.6) is 0 Å². The number of carbonyl (C=O) groups excluding carboxylic acids is 1. The lowest BCUT2D eigenvalue weighted by Gasteiger charge is -2.26. The molecule has 3 rings (SSSR count). The predicted molar refractivity (Wildman–Crippen MR) is 136 cm³/mol. The SMILES string of the molecule is CCCCc1ccc(NC(=O)CN(c2cccc(Cl)c2C)S(=O)(=O)c2ccc(C)cc2)cc1. The fourth-order valence-electron chi connectivity index (χ4n) is 3.47. The van der Waals surface area contributed by atoms with Crippen molar-refractivity contribution in [1.29, 1.82) is 0 Å². The Morgan fingerprint density at radius 2 is 1.64 bits per heavy atom. The molecule has 0 fully saturated rings. The van der Waals surface area contributed by atoms with Crippen molar-refractivity contribution in [3.05, 3.63) is 88.4 Å². The van der Waals surface area contributed by atoms with E-state index in [-0.39, 0.29) is 11.4 Å². The lowest BCUT2D eigenvalue weighted by atomic mass is 10.1. The quantitative estimate of drug-likeness (QED) is 0.397. The van der Waals surface area contributed by atoms with Gasteiger partial charge >= 0.3 is 0 Å². The molecule has 0 unspecified atom stereocenters. The highest BCUT2D eigenvalue weighted by Gasteiger charge is 2.28. The molecule has 0 radical (unpaired) electrons. The van der Waals surface area contributed by atoms with E-state index in [4.69, 9.17) is 11.6 Å². The first-order chi connectivity index (χ1) is 15.7. The van der Waals surface area contributed by atoms with Crippen LogP contribution in [0.3, 0.4) is 0 Å². The van der Waals surface area contributed by atoms with Crippen molar-refractivity contribution >= 4 is 38.9 Å². The molecule has 0 heterocycles. The maximum atomic E-state index is 13.5. The minimum absolute atomic E-state index is 0.112. The van der Waals surface area contributed by atoms with E-state index in [1.165, 1.54) is 5.56 Å². The summed E-state index contributed by atoms with van der Waals surface area (Å²) >= 11 is 6.27. The van der Waals surface area contributed by atoms with Crippen LogP contribution in [-0.4, -0.2) is 20.9 Å². The van der Waals surface area contributed by atoms with Gasteiger partial charge in [-0.2, -0.15) is 0 Å². The maximum Gasteiger partial charge on any atom is 0.264 e. The second-order valence-corrected chi connectivity index (χ2v) is 10.3. The maximum absolute atomic E-state index is 13.5. The summed E-state index contributed by atoms with van der Waals surface area (Å²) in [6.45, 7) is 5.39. The summed E-state index contributed by atoms with van der Waals surface area (Å²) in [4.78, 5) is 13.0. The van der Waals surface area contributed by atoms with Gasteiger partial charge in [0.1, 0.15) is 6.54 Å². The lowest BCUT2D eigenvalue weighted by Crippen LogP contribution is -2.38. The van der Waals surface area contributed by atoms with E-state index in [9.17, 15) is 13.2 Å². The molecule has 0 spiro atoms. The number of nitrogens with one attached hydrogen (secondary N) is 1. The third-order valence-electron chi connectivity index (χ3n) is 5.46. The van der Waals surface area contributed by atoms with Crippen molar-refractivity contribution in [1.82, 2.24) is 0 Å². The van der Waals surface area contributed by atoms with Gasteiger partial charge in [0, 0.05) is 10.7 Å². The first kappa shape index (κ1) is 24.8. The molecule has 3 aromatic rings. The number of carbonyl (C=O) groups is 1. The second kappa shape index (κ2) is 10.9. The number of rotatable bonds is 9. The molecule has 0 aromatic heterocycles. The average Bonchev–Trinajstić information content (AvgIpc) is 2.79. The Hall–Kier alpha value is -2.83. The van der Waals surface area contributed by atoms with Crippen molar-refractivity contribution in [2.24, 2.45) is 0 Å². The molecular formula is C26H29ClN2O3S. The van der Waals surface area contributed by atoms with E-state index in [1.54, 1.807) is 49.4 Å². The number of sulfonamides is 1. The van der Waals surface area contributed by atoms with Crippen LogP contribution in [0.4, 0.5) is 11.4 Å². The minimum Gasteiger partial charge on any atom is -0.325 e. The largest absolute Gasteiger partial charge is 0.325 e. The van der Waals surface area contributed by atoms with Crippen LogP contribution in [0.1, 0.15) is 36.5 Å². The Morgan fingerprint density at radius 1 is 0.970 bits per heavy atom. The van der Waals surface area contributed by atoms with Crippen LogP contribution in [0, 0.1) is 13.8 Å². The smallest absolute Gasteiger partial charge is 0.264 e. The van der Waals surface area contributed by atoms with Gasteiger partial charge in [0.15, 0.2) is 0 Å². The van der Waals surface area contributed by atoms with Crippen molar-refractivity contribution in [3.63, 3.8) is 0 Å². The first-order valence-corrected chi connectivity index (χ1v) is 12.8. The summed E-state index contributed by atoms with van der Waals surface area (Å²) in [5, 5.41) is 3.24. The Kier molecular flexibility index (Phi) is 8.16. The molecule has 1 N–H and O–H groups in total. The molecule has 0 bridgehead atoms. The number of nitrogens with zero attached hydrogens (tertiary/aromatic N) is 1. The van der Waals surface area contributed by atoms with Gasteiger partial charge in [0.25, 0.3) is 10.0 Å². The van der Waals surface area contributed by atoms with E-state index in [0.717, 1.165) is 29.1 Å². The van der Waals surface area contributed by atoms with Crippen LogP contribution in [-0.2, 0) is 21.2 Å². The van der Waals surface area contributed by atoms with Gasteiger partial charge in [-0.25, -0.2) is 8.42 Å². The molecular weight excluding hydrogens is 456 g/mol. The zero-order chi connectivity index (χ0) is 24.0. The highest BCUT2D eigenvalue weighted by Crippen LogP contribution is 2.31. The van der Waals surface area contributed by atoms with Crippen LogP contribution < -0.4 is 9.62 Å². The Labute approximate surface area is 201 Å². The van der Waals surface area contributed by atoms with Gasteiger partial charge < -0.3 is 5.32 Å². The number of hydrogen-bond donors (Lipinski definition) is 1. The molecule has 0 saturated heterocycles. The van der Waals surface area contributed by atoms with E-state index >= 15 is 0 Å². The van der Waals surface area contributed by atoms with Crippen LogP contribution in [0.2, 0.25) is 5.02 Å². The predicted octanol–water partition coefficient (Wildman–Crippen LogP) is 6.13. The normalized spacial score (nSPS) is 11.3. The number of hydrogen-bond acceptors (Lipinski definition) is 3. The monoisotopic (exact) mass is 484 g/mol. The highest BCUT2D eigenvalue weighted by atomic mass is 35.5. The fourth-order valence-corrected chi connectivity index (χ4v) is 5.12. The summed E-state index contributed by atoms with van der Waals surface area (Å²) in [5.41, 5.74) is 3.72. The van der Waals surface area contributed by atoms with Crippen LogP contribution in [0.15, 0.2) is 71.6 Å². The van der Waals surface area contributed by atoms with Gasteiger partial charge in [-0.05, 0) is 74.2 Å². The summed E-state index contributed by atoms with van der Waals surface area (Å²) in [6.07, 6.45) is 3.21. The Bertz CT molecular complexity index is 1210. The Morgan fingerprint density at radius 3 is 2.27 bits per heavy atom. The molecule has 5 nitrogen and oxygen atoms in total. The van der Waals surface area contributed by atoms with E-state index in [0.29, 0.717) is 22.0 Å². The van der Waals surface area contributed by atoms with Gasteiger partial charge in [-0.1, -0.05) is 60.8 Å². The summed E-state index contributed by atoms with van der Waals surface area (Å²) in [7, 11) is -4.00. The summed E-state index contributed by atoms with van der Waals surface area (Å²) in [6, 6.07) is 19.2. The number of unbranched alkanes of at least 4 members (excludes halogenated alkanes) is 1. The Balaban J connectivity index is 1.89. The third-order valence-corrected chi connectivity index (χ3v) is 7.64. The van der Waals surface area contributed by atoms with E-state index in [1.807, 2.05) is 31.2 Å². The highest BCUT2D eigenvalue weighted by molar-refractivity contribution is 7.92. The first-order valence-electron chi connectivity index (χ1n) is 11.0. The molecule has 0 aliphatic carbocycles. The van der Waals surface area contributed by atoms with Gasteiger partial charge in [0.05, 0.1) is 10.6 Å². The number of aryl methyl sites for hydroxylation is 2. The molecule has 0 saturated carbocycles. The molecule has 1 amide bonds. The zero-order valence-corrected chi connectivity index (χ0v) is 20.7. The molecule has 0 aliphatic heterocycles. The molecule has 33 heavy (non-hydrogen) atoms. The lowest BCUT2D eigenvalue weighted by molar-refractivity contribution is -0.114. The standard InChI is InChI=1S/C26H29ClN2O3S/c1-4-5-7-21-12-14-22(15-13-21)28-26(30)18-29(25-9-6-8-24(27)20(25)3)33(31,32)23-16-10-19(2)11-17-23/h6,8-17H,4-5,7,18H2,1-3H3,(H,28,30). The fraction of sp³-hybridized carbons (Fsp3) is 0.269. The van der Waals surface area contributed by atoms with Crippen molar-refractivity contribution < 1.29 is 13.2 Å². The summed E-state index contributed by atoms with van der Waals surface area (Å²) < 4.78 is 28.2. The van der Waals surface area contributed by atoms with Gasteiger partial charge in [-0.3, -0.25) is 9.10 Å². The van der Waals surface area contributed by atoms with Crippen molar-refractivity contribution in [2.75, 3.05) is 16.2 Å². The van der Waals surface area contributed by atoms with Gasteiger partial charge in [-0.15, -0.1) is 0 Å². The molecule has 174 valence electrons. The molecule has 7 heteroatoms. The number of amides is 1.